The zero-order chi connectivity index (χ0) is 20.6. The average Bonchev–Trinajstić information content (AvgIpc) is 3.21. The third kappa shape index (κ3) is 5.22. The summed E-state index contributed by atoms with van der Waals surface area (Å²) in [5, 5.41) is 7.11. The van der Waals surface area contributed by atoms with Gasteiger partial charge in [-0.15, -0.1) is 0 Å². The zero-order valence-corrected chi connectivity index (χ0v) is 16.5. The number of amides is 2. The van der Waals surface area contributed by atoms with Gasteiger partial charge in [0.1, 0.15) is 5.75 Å². The summed E-state index contributed by atoms with van der Waals surface area (Å²) >= 11 is 0. The first-order chi connectivity index (χ1) is 14.1. The van der Waals surface area contributed by atoms with Gasteiger partial charge in [0.25, 0.3) is 0 Å². The van der Waals surface area contributed by atoms with E-state index in [4.69, 9.17) is 4.74 Å². The number of carbonyl (C=O) groups excluding carboxylic acids is 2. The van der Waals surface area contributed by atoms with Crippen molar-refractivity contribution in [1.82, 2.24) is 14.7 Å². The van der Waals surface area contributed by atoms with Crippen LogP contribution in [0.15, 0.2) is 67.0 Å². The lowest BCUT2D eigenvalue weighted by Crippen LogP contribution is -2.38. The number of para-hydroxylation sites is 3. The van der Waals surface area contributed by atoms with Gasteiger partial charge in [-0.25, -0.2) is 4.68 Å². The Balaban J connectivity index is 1.60. The number of anilines is 1. The van der Waals surface area contributed by atoms with Crippen molar-refractivity contribution in [3.05, 3.63) is 72.6 Å². The van der Waals surface area contributed by atoms with E-state index < -0.39 is 0 Å². The van der Waals surface area contributed by atoms with Gasteiger partial charge in [-0.3, -0.25) is 9.59 Å². The monoisotopic (exact) mass is 392 g/mol. The van der Waals surface area contributed by atoms with Gasteiger partial charge in [0.05, 0.1) is 37.6 Å². The summed E-state index contributed by atoms with van der Waals surface area (Å²) in [5.74, 6) is 0.170. The molecule has 0 bridgehead atoms. The Morgan fingerprint density at radius 1 is 1.10 bits per heavy atom. The van der Waals surface area contributed by atoms with Crippen molar-refractivity contribution in [3.63, 3.8) is 0 Å². The number of nitrogens with one attached hydrogen (secondary N) is 1. The molecule has 0 fully saturated rings. The van der Waals surface area contributed by atoms with Crippen molar-refractivity contribution < 1.29 is 14.3 Å². The predicted molar refractivity (Wildman–Crippen MR) is 111 cm³/mol. The number of nitrogens with zero attached hydrogens (tertiary/aromatic N) is 3. The Hall–Kier alpha value is -3.61. The second-order valence-electron chi connectivity index (χ2n) is 6.46. The van der Waals surface area contributed by atoms with Gasteiger partial charge in [-0.1, -0.05) is 30.3 Å². The van der Waals surface area contributed by atoms with Crippen LogP contribution in [0.3, 0.4) is 0 Å². The smallest absolute Gasteiger partial charge is 0.244 e. The molecule has 29 heavy (non-hydrogen) atoms. The molecule has 0 aliphatic heterocycles. The summed E-state index contributed by atoms with van der Waals surface area (Å²) in [6.07, 6.45) is 3.69. The lowest BCUT2D eigenvalue weighted by Gasteiger charge is -2.20. The molecule has 2 amide bonds. The van der Waals surface area contributed by atoms with E-state index in [0.717, 1.165) is 11.3 Å². The number of ether oxygens (including phenoxy) is 1. The lowest BCUT2D eigenvalue weighted by atomic mass is 10.2. The maximum absolute atomic E-state index is 12.7. The minimum Gasteiger partial charge on any atom is -0.495 e. The Labute approximate surface area is 169 Å². The van der Waals surface area contributed by atoms with Crippen LogP contribution in [0.1, 0.15) is 12.5 Å². The minimum absolute atomic E-state index is 0.0276. The quantitative estimate of drug-likeness (QED) is 0.640. The van der Waals surface area contributed by atoms with E-state index >= 15 is 0 Å². The van der Waals surface area contributed by atoms with Crippen molar-refractivity contribution in [2.24, 2.45) is 0 Å². The number of methoxy groups -OCH3 is 1. The molecule has 0 saturated carbocycles. The third-order valence-corrected chi connectivity index (χ3v) is 4.46. The fraction of sp³-hybridized carbons (Fsp3) is 0.227. The molecule has 0 saturated heterocycles. The molecule has 2 aromatic carbocycles. The highest BCUT2D eigenvalue weighted by Gasteiger charge is 2.18. The second-order valence-corrected chi connectivity index (χ2v) is 6.46. The van der Waals surface area contributed by atoms with Crippen LogP contribution in [-0.2, 0) is 16.0 Å². The molecule has 0 unspecified atom stereocenters. The van der Waals surface area contributed by atoms with Crippen molar-refractivity contribution in [2.45, 2.75) is 13.3 Å². The first kappa shape index (κ1) is 20.1. The predicted octanol–water partition coefficient (Wildman–Crippen LogP) is 2.91. The number of likely N-dealkylation sites (N-methyl/N-ethyl adjacent to an activating group) is 1. The average molecular weight is 392 g/mol. The summed E-state index contributed by atoms with van der Waals surface area (Å²) in [4.78, 5) is 26.6. The van der Waals surface area contributed by atoms with Crippen molar-refractivity contribution in [3.8, 4) is 11.4 Å². The molecule has 7 heteroatoms. The highest BCUT2D eigenvalue weighted by molar-refractivity contribution is 5.95. The molecule has 1 heterocycles. The van der Waals surface area contributed by atoms with Crippen LogP contribution in [0, 0.1) is 0 Å². The maximum Gasteiger partial charge on any atom is 0.244 e. The van der Waals surface area contributed by atoms with Gasteiger partial charge in [0, 0.05) is 12.7 Å². The molecule has 0 aliphatic rings. The van der Waals surface area contributed by atoms with Gasteiger partial charge >= 0.3 is 0 Å². The Morgan fingerprint density at radius 2 is 1.83 bits per heavy atom. The number of rotatable bonds is 8. The maximum atomic E-state index is 12.7. The second kappa shape index (κ2) is 9.54. The number of hydrogen-bond donors (Lipinski definition) is 1. The molecular formula is C22H24N4O3. The van der Waals surface area contributed by atoms with E-state index in [9.17, 15) is 9.59 Å². The van der Waals surface area contributed by atoms with E-state index in [2.05, 4.69) is 10.4 Å². The molecule has 0 spiro atoms. The standard InChI is InChI=1S/C22H24N4O3/c1-3-25(16-21(27)24-19-11-7-8-12-20(19)29-2)22(28)13-17-14-23-26(15-17)18-9-5-4-6-10-18/h4-12,14-15H,3,13,16H2,1-2H3,(H,24,27). The molecule has 0 aliphatic carbocycles. The summed E-state index contributed by atoms with van der Waals surface area (Å²) in [7, 11) is 1.54. The molecule has 0 radical (unpaired) electrons. The van der Waals surface area contributed by atoms with Gasteiger partial charge in [0.2, 0.25) is 11.8 Å². The van der Waals surface area contributed by atoms with E-state index in [1.54, 1.807) is 30.1 Å². The Bertz CT molecular complexity index is 969. The summed E-state index contributed by atoms with van der Waals surface area (Å²) in [6.45, 7) is 2.26. The molecule has 0 atom stereocenters. The van der Waals surface area contributed by atoms with Gasteiger partial charge in [-0.2, -0.15) is 5.10 Å². The molecule has 7 nitrogen and oxygen atoms in total. The van der Waals surface area contributed by atoms with Crippen LogP contribution in [-0.4, -0.2) is 46.7 Å². The van der Waals surface area contributed by atoms with Gasteiger partial charge in [-0.05, 0) is 36.8 Å². The van der Waals surface area contributed by atoms with Crippen LogP contribution in [0.5, 0.6) is 5.75 Å². The summed E-state index contributed by atoms with van der Waals surface area (Å²) in [5.41, 5.74) is 2.30. The van der Waals surface area contributed by atoms with E-state index in [0.29, 0.717) is 18.0 Å². The number of benzene rings is 2. The first-order valence-electron chi connectivity index (χ1n) is 9.40. The van der Waals surface area contributed by atoms with E-state index in [1.807, 2.05) is 55.6 Å². The van der Waals surface area contributed by atoms with Crippen LogP contribution >= 0.6 is 0 Å². The van der Waals surface area contributed by atoms with Gasteiger partial charge in [0.15, 0.2) is 0 Å². The SMILES string of the molecule is CCN(CC(=O)Nc1ccccc1OC)C(=O)Cc1cnn(-c2ccccc2)c1. The molecule has 1 N–H and O–H groups in total. The van der Waals surface area contributed by atoms with E-state index in [1.165, 1.54) is 4.90 Å². The highest BCUT2D eigenvalue weighted by atomic mass is 16.5. The highest BCUT2D eigenvalue weighted by Crippen LogP contribution is 2.22. The number of hydrogen-bond acceptors (Lipinski definition) is 4. The fourth-order valence-corrected chi connectivity index (χ4v) is 2.95. The van der Waals surface area contributed by atoms with Gasteiger partial charge < -0.3 is 15.0 Å². The molecule has 3 rings (SSSR count). The minimum atomic E-state index is -0.273. The first-order valence-corrected chi connectivity index (χ1v) is 9.40. The third-order valence-electron chi connectivity index (χ3n) is 4.46. The van der Waals surface area contributed by atoms with Crippen LogP contribution in [0.25, 0.3) is 5.69 Å². The zero-order valence-electron chi connectivity index (χ0n) is 16.5. The summed E-state index contributed by atoms with van der Waals surface area (Å²) < 4.78 is 6.97. The number of carbonyl (C=O) groups is 2. The van der Waals surface area contributed by atoms with Crippen molar-refractivity contribution in [2.75, 3.05) is 25.5 Å². The van der Waals surface area contributed by atoms with Crippen LogP contribution in [0.4, 0.5) is 5.69 Å². The molecular weight excluding hydrogens is 368 g/mol. The molecule has 1 aromatic heterocycles. The molecule has 3 aromatic rings. The molecule has 150 valence electrons. The van der Waals surface area contributed by atoms with Crippen molar-refractivity contribution in [1.29, 1.82) is 0 Å². The Kier molecular flexibility index (Phi) is 6.63. The summed E-state index contributed by atoms with van der Waals surface area (Å²) in [6, 6.07) is 16.8. The van der Waals surface area contributed by atoms with Crippen LogP contribution < -0.4 is 10.1 Å². The van der Waals surface area contributed by atoms with Crippen LogP contribution in [0.2, 0.25) is 0 Å². The normalized spacial score (nSPS) is 10.4. The number of aromatic nitrogens is 2. The Morgan fingerprint density at radius 3 is 2.55 bits per heavy atom. The van der Waals surface area contributed by atoms with Crippen molar-refractivity contribution >= 4 is 17.5 Å². The fourth-order valence-electron chi connectivity index (χ4n) is 2.95. The largest absolute Gasteiger partial charge is 0.495 e. The lowest BCUT2D eigenvalue weighted by molar-refractivity contribution is -0.133. The topological polar surface area (TPSA) is 76.5 Å². The van der Waals surface area contributed by atoms with E-state index in [-0.39, 0.29) is 24.8 Å².